The lowest BCUT2D eigenvalue weighted by Gasteiger charge is -2.00. The number of hydrogen-bond acceptors (Lipinski definition) is 5. The number of carbonyl (C=O) groups excluding carboxylic acids is 2. The minimum atomic E-state index is -0.350. The van der Waals surface area contributed by atoms with Gasteiger partial charge in [0.25, 0.3) is 5.91 Å². The predicted molar refractivity (Wildman–Crippen MR) is 106 cm³/mol. The Hall–Kier alpha value is -3.25. The second kappa shape index (κ2) is 6.81. The topological polar surface area (TPSA) is 72.2 Å². The van der Waals surface area contributed by atoms with E-state index in [1.54, 1.807) is 36.4 Å². The molecule has 0 saturated heterocycles. The molecule has 0 unspecified atom stereocenters. The van der Waals surface area contributed by atoms with E-state index < -0.39 is 0 Å². The van der Waals surface area contributed by atoms with Crippen molar-refractivity contribution in [2.24, 2.45) is 0 Å². The van der Waals surface area contributed by atoms with Gasteiger partial charge in [-0.05, 0) is 43.7 Å². The lowest BCUT2D eigenvalue weighted by molar-refractivity contribution is 0.0994. The van der Waals surface area contributed by atoms with Gasteiger partial charge in [0.15, 0.2) is 16.7 Å². The number of fused-ring (bicyclic) bond motifs is 1. The fourth-order valence-electron chi connectivity index (χ4n) is 2.73. The maximum absolute atomic E-state index is 12.5. The molecule has 27 heavy (non-hydrogen) atoms. The Labute approximate surface area is 159 Å². The summed E-state index contributed by atoms with van der Waals surface area (Å²) < 4.78 is 6.70. The van der Waals surface area contributed by atoms with Gasteiger partial charge in [-0.3, -0.25) is 14.9 Å². The number of aromatic nitrogens is 1. The van der Waals surface area contributed by atoms with Crippen LogP contribution in [0.25, 0.3) is 21.5 Å². The van der Waals surface area contributed by atoms with E-state index >= 15 is 0 Å². The highest BCUT2D eigenvalue weighted by atomic mass is 32.1. The molecule has 0 fully saturated rings. The second-order valence-electron chi connectivity index (χ2n) is 6.24. The maximum atomic E-state index is 12.5. The first-order chi connectivity index (χ1) is 13.0. The quantitative estimate of drug-likeness (QED) is 0.489. The summed E-state index contributed by atoms with van der Waals surface area (Å²) in [6.07, 6.45) is 0. The van der Waals surface area contributed by atoms with Crippen molar-refractivity contribution in [2.75, 3.05) is 5.32 Å². The Morgan fingerprint density at radius 3 is 2.56 bits per heavy atom. The first kappa shape index (κ1) is 17.2. The van der Waals surface area contributed by atoms with E-state index in [4.69, 9.17) is 4.42 Å². The van der Waals surface area contributed by atoms with Crippen molar-refractivity contribution in [3.8, 4) is 11.3 Å². The van der Waals surface area contributed by atoms with E-state index in [0.717, 1.165) is 21.3 Å². The van der Waals surface area contributed by atoms with Gasteiger partial charge in [-0.2, -0.15) is 0 Å². The third kappa shape index (κ3) is 3.52. The summed E-state index contributed by atoms with van der Waals surface area (Å²) in [4.78, 5) is 28.2. The Bertz CT molecular complexity index is 1160. The molecule has 0 bridgehead atoms. The van der Waals surface area contributed by atoms with Gasteiger partial charge in [0.1, 0.15) is 5.76 Å². The Morgan fingerprint density at radius 2 is 1.81 bits per heavy atom. The zero-order valence-corrected chi connectivity index (χ0v) is 15.6. The average Bonchev–Trinajstić information content (AvgIpc) is 3.28. The molecule has 0 spiro atoms. The number of amides is 1. The molecular weight excluding hydrogens is 360 g/mol. The average molecular weight is 376 g/mol. The van der Waals surface area contributed by atoms with Crippen LogP contribution in [0.1, 0.15) is 33.4 Å². The molecule has 2 aromatic carbocycles. The highest BCUT2D eigenvalue weighted by molar-refractivity contribution is 7.22. The van der Waals surface area contributed by atoms with Crippen molar-refractivity contribution in [1.82, 2.24) is 4.98 Å². The highest BCUT2D eigenvalue weighted by Gasteiger charge is 2.15. The summed E-state index contributed by atoms with van der Waals surface area (Å²) in [5, 5.41) is 3.32. The standard InChI is InChI=1S/C21H16N2O3S/c1-12-3-8-16-19(11-12)27-21(22-16)23-20(25)18-10-9-17(26-18)15-6-4-14(5-7-15)13(2)24/h3-11H,1-2H3,(H,22,23,25). The number of hydrogen-bond donors (Lipinski definition) is 1. The van der Waals surface area contributed by atoms with Gasteiger partial charge in [-0.25, -0.2) is 4.98 Å². The van der Waals surface area contributed by atoms with Gasteiger partial charge in [0, 0.05) is 11.1 Å². The van der Waals surface area contributed by atoms with E-state index in [-0.39, 0.29) is 17.5 Å². The number of benzene rings is 2. The van der Waals surface area contributed by atoms with Crippen LogP contribution in [0.5, 0.6) is 0 Å². The van der Waals surface area contributed by atoms with E-state index in [1.165, 1.54) is 18.3 Å². The third-order valence-corrected chi connectivity index (χ3v) is 5.10. The van der Waals surface area contributed by atoms with Crippen molar-refractivity contribution in [3.63, 3.8) is 0 Å². The van der Waals surface area contributed by atoms with E-state index in [2.05, 4.69) is 10.3 Å². The summed E-state index contributed by atoms with van der Waals surface area (Å²) in [6.45, 7) is 3.54. The van der Waals surface area contributed by atoms with Gasteiger partial charge in [-0.15, -0.1) is 0 Å². The molecular formula is C21H16N2O3S. The highest BCUT2D eigenvalue weighted by Crippen LogP contribution is 2.28. The van der Waals surface area contributed by atoms with Crippen LogP contribution in [-0.4, -0.2) is 16.7 Å². The molecule has 5 nitrogen and oxygen atoms in total. The Kier molecular flexibility index (Phi) is 4.33. The number of ketones is 1. The second-order valence-corrected chi connectivity index (χ2v) is 7.27. The number of nitrogens with one attached hydrogen (secondary N) is 1. The van der Waals surface area contributed by atoms with Crippen molar-refractivity contribution < 1.29 is 14.0 Å². The first-order valence-corrected chi connectivity index (χ1v) is 9.21. The van der Waals surface area contributed by atoms with Crippen molar-refractivity contribution in [2.45, 2.75) is 13.8 Å². The predicted octanol–water partition coefficient (Wildman–Crippen LogP) is 5.32. The molecule has 134 valence electrons. The summed E-state index contributed by atoms with van der Waals surface area (Å²) in [6, 6.07) is 16.4. The normalized spacial score (nSPS) is 10.9. The molecule has 0 atom stereocenters. The van der Waals surface area contributed by atoms with Gasteiger partial charge in [-0.1, -0.05) is 41.7 Å². The summed E-state index contributed by atoms with van der Waals surface area (Å²) in [5.74, 6) is 0.427. The number of rotatable bonds is 4. The molecule has 0 saturated carbocycles. The van der Waals surface area contributed by atoms with Gasteiger partial charge in [0.2, 0.25) is 0 Å². The molecule has 4 aromatic rings. The zero-order chi connectivity index (χ0) is 19.0. The molecule has 1 amide bonds. The van der Waals surface area contributed by atoms with E-state index in [0.29, 0.717) is 16.5 Å². The molecule has 0 aliphatic rings. The van der Waals surface area contributed by atoms with Gasteiger partial charge >= 0.3 is 0 Å². The van der Waals surface area contributed by atoms with Crippen LogP contribution in [0.15, 0.2) is 59.0 Å². The number of thiazole rings is 1. The lowest BCUT2D eigenvalue weighted by atomic mass is 10.1. The summed E-state index contributed by atoms with van der Waals surface area (Å²) in [7, 11) is 0. The molecule has 2 aromatic heterocycles. The fraction of sp³-hybridized carbons (Fsp3) is 0.0952. The maximum Gasteiger partial charge on any atom is 0.293 e. The summed E-state index contributed by atoms with van der Waals surface area (Å²) in [5.41, 5.74) is 3.44. The number of Topliss-reactive ketones (excluding diaryl/α,β-unsaturated/α-hetero) is 1. The number of anilines is 1. The van der Waals surface area contributed by atoms with Crippen LogP contribution in [0.3, 0.4) is 0 Å². The minimum absolute atomic E-state index is 0.00656. The van der Waals surface area contributed by atoms with Crippen LogP contribution in [0, 0.1) is 6.92 Å². The molecule has 2 heterocycles. The minimum Gasteiger partial charge on any atom is -0.451 e. The molecule has 6 heteroatoms. The van der Waals surface area contributed by atoms with Gasteiger partial charge < -0.3 is 4.42 Å². The molecule has 0 radical (unpaired) electrons. The van der Waals surface area contributed by atoms with Crippen molar-refractivity contribution in [3.05, 3.63) is 71.5 Å². The Balaban J connectivity index is 1.53. The molecule has 4 rings (SSSR count). The largest absolute Gasteiger partial charge is 0.451 e. The first-order valence-electron chi connectivity index (χ1n) is 8.39. The molecule has 1 N–H and O–H groups in total. The van der Waals surface area contributed by atoms with Crippen molar-refractivity contribution in [1.29, 1.82) is 0 Å². The van der Waals surface area contributed by atoms with Crippen molar-refractivity contribution >= 4 is 38.4 Å². The number of furan rings is 1. The monoisotopic (exact) mass is 376 g/mol. The Morgan fingerprint density at radius 1 is 1.04 bits per heavy atom. The van der Waals surface area contributed by atoms with Crippen LogP contribution in [0.2, 0.25) is 0 Å². The third-order valence-electron chi connectivity index (χ3n) is 4.17. The number of carbonyl (C=O) groups is 2. The van der Waals surface area contributed by atoms with Crippen LogP contribution < -0.4 is 5.32 Å². The fourth-order valence-corrected chi connectivity index (χ4v) is 3.69. The van der Waals surface area contributed by atoms with Crippen LogP contribution in [-0.2, 0) is 0 Å². The summed E-state index contributed by atoms with van der Waals surface area (Å²) >= 11 is 1.43. The number of nitrogens with zero attached hydrogens (tertiary/aromatic N) is 1. The number of aryl methyl sites for hydroxylation is 1. The van der Waals surface area contributed by atoms with E-state index in [1.807, 2.05) is 25.1 Å². The zero-order valence-electron chi connectivity index (χ0n) is 14.8. The molecule has 0 aliphatic carbocycles. The molecule has 0 aliphatic heterocycles. The smallest absolute Gasteiger partial charge is 0.293 e. The van der Waals surface area contributed by atoms with E-state index in [9.17, 15) is 9.59 Å². The van der Waals surface area contributed by atoms with Gasteiger partial charge in [0.05, 0.1) is 10.2 Å². The lowest BCUT2D eigenvalue weighted by Crippen LogP contribution is -2.10. The van der Waals surface area contributed by atoms with Crippen LogP contribution >= 0.6 is 11.3 Å². The SMILES string of the molecule is CC(=O)c1ccc(-c2ccc(C(=O)Nc3nc4ccc(C)cc4s3)o2)cc1. The van der Waals surface area contributed by atoms with Crippen LogP contribution in [0.4, 0.5) is 5.13 Å².